The third-order valence-corrected chi connectivity index (χ3v) is 5.00. The average Bonchev–Trinajstić information content (AvgIpc) is 2.41. The largest absolute Gasteiger partial charge is 0.373 e. The molecule has 8 heteroatoms. The van der Waals surface area contributed by atoms with Gasteiger partial charge in [-0.15, -0.1) is 0 Å². The van der Waals surface area contributed by atoms with Crippen LogP contribution in [0.2, 0.25) is 5.02 Å². The van der Waals surface area contributed by atoms with Crippen LogP contribution in [0, 0.1) is 0 Å². The number of piperazine rings is 1. The first-order valence-corrected chi connectivity index (χ1v) is 8.63. The van der Waals surface area contributed by atoms with E-state index in [0.29, 0.717) is 37.7 Å². The van der Waals surface area contributed by atoms with Gasteiger partial charge in [0, 0.05) is 39.8 Å². The molecule has 1 aliphatic heterocycles. The number of nitrogens with zero attached hydrogens (tertiary/aromatic N) is 3. The molecule has 0 radical (unpaired) electrons. The highest BCUT2D eigenvalue weighted by Gasteiger charge is 2.23. The topological polar surface area (TPSA) is 65.5 Å². The van der Waals surface area contributed by atoms with E-state index in [1.54, 1.807) is 0 Å². The molecule has 0 amide bonds. The van der Waals surface area contributed by atoms with Crippen LogP contribution in [-0.2, 0) is 16.6 Å². The first-order chi connectivity index (χ1) is 9.40. The number of anilines is 1. The minimum atomic E-state index is -3.09. The Morgan fingerprint density at radius 2 is 1.95 bits per heavy atom. The fourth-order valence-corrected chi connectivity index (χ4v) is 3.16. The van der Waals surface area contributed by atoms with Crippen LogP contribution in [0.15, 0.2) is 12.1 Å². The molecule has 20 heavy (non-hydrogen) atoms. The summed E-state index contributed by atoms with van der Waals surface area (Å²) in [6.45, 7) is 3.04. The number of hydrogen-bond donors (Lipinski definition) is 1. The van der Waals surface area contributed by atoms with Gasteiger partial charge in [-0.25, -0.2) is 13.4 Å². The molecule has 1 aliphatic rings. The number of aromatic nitrogens is 1. The van der Waals surface area contributed by atoms with Crippen molar-refractivity contribution in [2.45, 2.75) is 6.54 Å². The summed E-state index contributed by atoms with van der Waals surface area (Å²) in [6, 6.07) is 3.65. The summed E-state index contributed by atoms with van der Waals surface area (Å²) < 4.78 is 24.4. The third kappa shape index (κ3) is 3.82. The summed E-state index contributed by atoms with van der Waals surface area (Å²) in [4.78, 5) is 6.60. The van der Waals surface area contributed by atoms with Gasteiger partial charge in [0.15, 0.2) is 0 Å². The quantitative estimate of drug-likeness (QED) is 0.892. The van der Waals surface area contributed by atoms with Crippen molar-refractivity contribution in [3.05, 3.63) is 22.8 Å². The molecular weight excluding hydrogens is 300 g/mol. The fourth-order valence-electron chi connectivity index (χ4n) is 2.17. The van der Waals surface area contributed by atoms with Crippen LogP contribution in [-0.4, -0.2) is 62.1 Å². The van der Waals surface area contributed by atoms with Crippen LogP contribution >= 0.6 is 11.6 Å². The standard InChI is InChI=1S/C12H19ClN4O2S/c1-14-12-4-3-10(13)11(15-12)9-16-5-7-17(8-6-16)20(2,18)19/h3-4H,5-9H2,1-2H3,(H,14,15). The lowest BCUT2D eigenvalue weighted by Gasteiger charge is -2.33. The summed E-state index contributed by atoms with van der Waals surface area (Å²) in [5, 5.41) is 3.62. The molecule has 0 unspecified atom stereocenters. The summed E-state index contributed by atoms with van der Waals surface area (Å²) >= 11 is 6.15. The molecule has 1 fully saturated rings. The summed E-state index contributed by atoms with van der Waals surface area (Å²) in [6.07, 6.45) is 1.25. The van der Waals surface area contributed by atoms with Gasteiger partial charge in [-0.05, 0) is 12.1 Å². The maximum Gasteiger partial charge on any atom is 0.211 e. The Morgan fingerprint density at radius 3 is 2.50 bits per heavy atom. The second-order valence-electron chi connectivity index (χ2n) is 4.81. The van der Waals surface area contributed by atoms with Gasteiger partial charge in [-0.2, -0.15) is 4.31 Å². The van der Waals surface area contributed by atoms with E-state index < -0.39 is 10.0 Å². The van der Waals surface area contributed by atoms with E-state index in [1.165, 1.54) is 10.6 Å². The van der Waals surface area contributed by atoms with Crippen molar-refractivity contribution in [3.8, 4) is 0 Å². The van der Waals surface area contributed by atoms with Gasteiger partial charge < -0.3 is 5.32 Å². The minimum Gasteiger partial charge on any atom is -0.373 e. The van der Waals surface area contributed by atoms with Gasteiger partial charge in [-0.3, -0.25) is 4.90 Å². The van der Waals surface area contributed by atoms with Crippen LogP contribution < -0.4 is 5.32 Å². The number of hydrogen-bond acceptors (Lipinski definition) is 5. The minimum absolute atomic E-state index is 0.516. The van der Waals surface area contributed by atoms with Crippen LogP contribution in [0.4, 0.5) is 5.82 Å². The summed E-state index contributed by atoms with van der Waals surface area (Å²) in [5.41, 5.74) is 0.811. The molecule has 2 heterocycles. The Kier molecular flexibility index (Phi) is 4.85. The molecule has 0 aromatic carbocycles. The SMILES string of the molecule is CNc1ccc(Cl)c(CN2CCN(S(C)(=O)=O)CC2)n1. The van der Waals surface area contributed by atoms with E-state index in [9.17, 15) is 8.42 Å². The van der Waals surface area contributed by atoms with E-state index in [2.05, 4.69) is 15.2 Å². The van der Waals surface area contributed by atoms with Gasteiger partial charge in [0.2, 0.25) is 10.0 Å². The molecule has 1 N–H and O–H groups in total. The molecule has 1 aromatic heterocycles. The second kappa shape index (κ2) is 6.26. The van der Waals surface area contributed by atoms with Crippen LogP contribution in [0.25, 0.3) is 0 Å². The highest BCUT2D eigenvalue weighted by Crippen LogP contribution is 2.19. The maximum atomic E-state index is 11.5. The maximum absolute atomic E-state index is 11.5. The Hall–Kier alpha value is -0.890. The van der Waals surface area contributed by atoms with Crippen molar-refractivity contribution in [1.82, 2.24) is 14.2 Å². The molecule has 1 aromatic rings. The predicted molar refractivity (Wildman–Crippen MR) is 80.5 cm³/mol. The number of pyridine rings is 1. The highest BCUT2D eigenvalue weighted by molar-refractivity contribution is 7.88. The van der Waals surface area contributed by atoms with Gasteiger partial charge in [0.25, 0.3) is 0 Å². The van der Waals surface area contributed by atoms with Gasteiger partial charge >= 0.3 is 0 Å². The Morgan fingerprint density at radius 1 is 1.30 bits per heavy atom. The molecule has 0 atom stereocenters. The normalized spacial score (nSPS) is 18.1. The lowest BCUT2D eigenvalue weighted by Crippen LogP contribution is -2.47. The van der Waals surface area contributed by atoms with E-state index >= 15 is 0 Å². The number of halogens is 1. The molecular formula is C12H19ClN4O2S. The van der Waals surface area contributed by atoms with Crippen LogP contribution in [0.3, 0.4) is 0 Å². The molecule has 0 aliphatic carbocycles. The molecule has 0 bridgehead atoms. The van der Waals surface area contributed by atoms with E-state index in [1.807, 2.05) is 19.2 Å². The van der Waals surface area contributed by atoms with Crippen molar-refractivity contribution in [1.29, 1.82) is 0 Å². The number of nitrogens with one attached hydrogen (secondary N) is 1. The summed E-state index contributed by atoms with van der Waals surface area (Å²) in [5.74, 6) is 0.777. The van der Waals surface area contributed by atoms with Crippen molar-refractivity contribution >= 4 is 27.4 Å². The monoisotopic (exact) mass is 318 g/mol. The third-order valence-electron chi connectivity index (χ3n) is 3.35. The van der Waals surface area contributed by atoms with Crippen molar-refractivity contribution in [2.75, 3.05) is 44.8 Å². The van der Waals surface area contributed by atoms with Crippen molar-refractivity contribution in [2.24, 2.45) is 0 Å². The molecule has 0 spiro atoms. The molecule has 112 valence electrons. The molecule has 6 nitrogen and oxygen atoms in total. The Labute approximate surface area is 124 Å². The van der Waals surface area contributed by atoms with Crippen LogP contribution in [0.1, 0.15) is 5.69 Å². The highest BCUT2D eigenvalue weighted by atomic mass is 35.5. The zero-order chi connectivity index (χ0) is 14.8. The fraction of sp³-hybridized carbons (Fsp3) is 0.583. The molecule has 0 saturated carbocycles. The lowest BCUT2D eigenvalue weighted by molar-refractivity contribution is 0.180. The van der Waals surface area contributed by atoms with Gasteiger partial charge in [0.05, 0.1) is 17.0 Å². The van der Waals surface area contributed by atoms with Crippen molar-refractivity contribution < 1.29 is 8.42 Å². The Balaban J connectivity index is 1.99. The average molecular weight is 319 g/mol. The molecule has 2 rings (SSSR count). The van der Waals surface area contributed by atoms with Crippen molar-refractivity contribution in [3.63, 3.8) is 0 Å². The first-order valence-electron chi connectivity index (χ1n) is 6.41. The zero-order valence-electron chi connectivity index (χ0n) is 11.6. The molecule has 1 saturated heterocycles. The lowest BCUT2D eigenvalue weighted by atomic mass is 10.3. The smallest absolute Gasteiger partial charge is 0.211 e. The zero-order valence-corrected chi connectivity index (χ0v) is 13.2. The van der Waals surface area contributed by atoms with E-state index in [-0.39, 0.29) is 0 Å². The van der Waals surface area contributed by atoms with E-state index in [4.69, 9.17) is 11.6 Å². The first kappa shape index (κ1) is 15.5. The van der Waals surface area contributed by atoms with Gasteiger partial charge in [-0.1, -0.05) is 11.6 Å². The summed E-state index contributed by atoms with van der Waals surface area (Å²) in [7, 11) is -1.28. The van der Waals surface area contributed by atoms with Crippen LogP contribution in [0.5, 0.6) is 0 Å². The second-order valence-corrected chi connectivity index (χ2v) is 7.20. The Bertz CT molecular complexity index is 571. The predicted octanol–water partition coefficient (Wildman–Crippen LogP) is 0.854. The number of sulfonamides is 1. The van der Waals surface area contributed by atoms with Gasteiger partial charge in [0.1, 0.15) is 5.82 Å². The van der Waals surface area contributed by atoms with E-state index in [0.717, 1.165) is 11.5 Å². The number of rotatable bonds is 4.